The zero-order chi connectivity index (χ0) is 13.8. The van der Waals surface area contributed by atoms with Crippen LogP contribution >= 0.6 is 22.6 Å². The number of hydrogen-bond donors (Lipinski definition) is 0. The van der Waals surface area contributed by atoms with Crippen molar-refractivity contribution in [2.45, 2.75) is 26.4 Å². The maximum atomic E-state index is 11.8. The van der Waals surface area contributed by atoms with Crippen LogP contribution in [0, 0.1) is 3.57 Å². The molecule has 0 aliphatic rings. The largest absolute Gasteiger partial charge is 0.468 e. The third-order valence-electron chi connectivity index (χ3n) is 2.47. The lowest BCUT2D eigenvalue weighted by atomic mass is 10.0. The van der Waals surface area contributed by atoms with Gasteiger partial charge in [-0.25, -0.2) is 4.79 Å². The number of ketones is 1. The summed E-state index contributed by atoms with van der Waals surface area (Å²) in [4.78, 5) is 23.4. The molecule has 0 aromatic heterocycles. The summed E-state index contributed by atoms with van der Waals surface area (Å²) in [5, 5.41) is 0. The van der Waals surface area contributed by atoms with Gasteiger partial charge >= 0.3 is 5.97 Å². The SMILES string of the molecule is CCOC(=O)C(C)(Oc1ccc(I)cc1)C(C)=O. The average molecular weight is 362 g/mol. The Labute approximate surface area is 120 Å². The Morgan fingerprint density at radius 1 is 1.28 bits per heavy atom. The molecule has 1 unspecified atom stereocenters. The maximum Gasteiger partial charge on any atom is 0.358 e. The molecule has 4 nitrogen and oxygen atoms in total. The summed E-state index contributed by atoms with van der Waals surface area (Å²) in [5.41, 5.74) is -1.59. The van der Waals surface area contributed by atoms with Crippen molar-refractivity contribution < 1.29 is 19.1 Å². The average Bonchev–Trinajstić information content (AvgIpc) is 2.32. The molecule has 0 fully saturated rings. The van der Waals surface area contributed by atoms with Crippen molar-refractivity contribution in [1.82, 2.24) is 0 Å². The van der Waals surface area contributed by atoms with Crippen molar-refractivity contribution in [2.75, 3.05) is 6.61 Å². The Bertz CT molecular complexity index is 441. The van der Waals surface area contributed by atoms with Gasteiger partial charge in [-0.3, -0.25) is 4.79 Å². The van der Waals surface area contributed by atoms with Crippen LogP contribution in [0.15, 0.2) is 24.3 Å². The Balaban J connectivity index is 2.96. The van der Waals surface area contributed by atoms with Gasteiger partial charge in [0.25, 0.3) is 5.60 Å². The van der Waals surface area contributed by atoms with Gasteiger partial charge in [-0.2, -0.15) is 0 Å². The van der Waals surface area contributed by atoms with Gasteiger partial charge in [0.1, 0.15) is 5.75 Å². The van der Waals surface area contributed by atoms with Crippen LogP contribution in [0.1, 0.15) is 20.8 Å². The van der Waals surface area contributed by atoms with Crippen LogP contribution in [0.3, 0.4) is 0 Å². The fraction of sp³-hybridized carbons (Fsp3) is 0.385. The van der Waals surface area contributed by atoms with Crippen molar-refractivity contribution in [3.63, 3.8) is 0 Å². The fourth-order valence-electron chi connectivity index (χ4n) is 1.26. The molecule has 1 aromatic carbocycles. The van der Waals surface area contributed by atoms with E-state index in [0.29, 0.717) is 5.75 Å². The first-order chi connectivity index (χ1) is 8.40. The summed E-state index contributed by atoms with van der Waals surface area (Å²) in [6.07, 6.45) is 0. The Morgan fingerprint density at radius 3 is 2.28 bits per heavy atom. The molecule has 0 bridgehead atoms. The first kappa shape index (κ1) is 14.9. The second kappa shape index (κ2) is 6.17. The standard InChI is InChI=1S/C13H15IO4/c1-4-17-12(16)13(3,9(2)15)18-11-7-5-10(14)6-8-11/h5-8H,4H2,1-3H3. The molecule has 0 amide bonds. The van der Waals surface area contributed by atoms with E-state index in [1.54, 1.807) is 19.1 Å². The highest BCUT2D eigenvalue weighted by atomic mass is 127. The molecule has 1 rings (SSSR count). The molecule has 0 N–H and O–H groups in total. The number of carbonyl (C=O) groups is 2. The van der Waals surface area contributed by atoms with Gasteiger partial charge in [0, 0.05) is 3.57 Å². The minimum Gasteiger partial charge on any atom is -0.468 e. The Morgan fingerprint density at radius 2 is 1.83 bits per heavy atom. The number of benzene rings is 1. The van der Waals surface area contributed by atoms with E-state index in [9.17, 15) is 9.59 Å². The quantitative estimate of drug-likeness (QED) is 0.459. The molecule has 1 aromatic rings. The van der Waals surface area contributed by atoms with Crippen molar-refractivity contribution >= 4 is 34.3 Å². The lowest BCUT2D eigenvalue weighted by molar-refractivity contribution is -0.164. The summed E-state index contributed by atoms with van der Waals surface area (Å²) in [6, 6.07) is 7.09. The number of hydrogen-bond acceptors (Lipinski definition) is 4. The molecule has 1 atom stereocenters. The first-order valence-electron chi connectivity index (χ1n) is 5.53. The fourth-order valence-corrected chi connectivity index (χ4v) is 1.62. The van der Waals surface area contributed by atoms with Crippen molar-refractivity contribution in [3.8, 4) is 5.75 Å². The summed E-state index contributed by atoms with van der Waals surface area (Å²) in [7, 11) is 0. The van der Waals surface area contributed by atoms with E-state index in [2.05, 4.69) is 22.6 Å². The smallest absolute Gasteiger partial charge is 0.358 e. The van der Waals surface area contributed by atoms with Crippen LogP contribution in [0.25, 0.3) is 0 Å². The van der Waals surface area contributed by atoms with Gasteiger partial charge in [-0.15, -0.1) is 0 Å². The number of ether oxygens (including phenoxy) is 2. The maximum absolute atomic E-state index is 11.8. The van der Waals surface area contributed by atoms with Crippen LogP contribution in [0.4, 0.5) is 0 Å². The second-order valence-electron chi connectivity index (χ2n) is 3.87. The van der Waals surface area contributed by atoms with Gasteiger partial charge in [0.05, 0.1) is 6.61 Å². The van der Waals surface area contributed by atoms with Crippen molar-refractivity contribution in [3.05, 3.63) is 27.8 Å². The van der Waals surface area contributed by atoms with Gasteiger partial charge in [0.2, 0.25) is 0 Å². The first-order valence-corrected chi connectivity index (χ1v) is 6.61. The highest BCUT2D eigenvalue weighted by molar-refractivity contribution is 14.1. The minimum absolute atomic E-state index is 0.206. The van der Waals surface area contributed by atoms with E-state index in [1.807, 2.05) is 12.1 Å². The zero-order valence-electron chi connectivity index (χ0n) is 10.5. The van der Waals surface area contributed by atoms with E-state index in [0.717, 1.165) is 3.57 Å². The number of rotatable bonds is 5. The molecule has 0 heterocycles. The van der Waals surface area contributed by atoms with Gasteiger partial charge in [-0.05, 0) is 67.6 Å². The minimum atomic E-state index is -1.59. The van der Waals surface area contributed by atoms with E-state index < -0.39 is 11.6 Å². The van der Waals surface area contributed by atoms with Crippen LogP contribution in [-0.2, 0) is 14.3 Å². The molecule has 0 saturated heterocycles. The highest BCUT2D eigenvalue weighted by Gasteiger charge is 2.42. The molecular weight excluding hydrogens is 347 g/mol. The van der Waals surface area contributed by atoms with Crippen LogP contribution < -0.4 is 4.74 Å². The molecule has 0 aliphatic heterocycles. The molecular formula is C13H15IO4. The van der Waals surface area contributed by atoms with E-state index >= 15 is 0 Å². The Hall–Kier alpha value is -1.11. The zero-order valence-corrected chi connectivity index (χ0v) is 12.7. The summed E-state index contributed by atoms with van der Waals surface area (Å²) in [6.45, 7) is 4.62. The molecule has 5 heteroatoms. The van der Waals surface area contributed by atoms with E-state index in [-0.39, 0.29) is 12.4 Å². The van der Waals surface area contributed by atoms with E-state index in [1.165, 1.54) is 13.8 Å². The molecule has 18 heavy (non-hydrogen) atoms. The third kappa shape index (κ3) is 3.44. The van der Waals surface area contributed by atoms with E-state index in [4.69, 9.17) is 9.47 Å². The monoisotopic (exact) mass is 362 g/mol. The predicted octanol–water partition coefficient (Wildman–Crippen LogP) is 2.58. The van der Waals surface area contributed by atoms with Crippen LogP contribution in [0.5, 0.6) is 5.75 Å². The summed E-state index contributed by atoms with van der Waals surface area (Å²) in [5.74, 6) is -0.600. The van der Waals surface area contributed by atoms with Gasteiger partial charge in [-0.1, -0.05) is 0 Å². The topological polar surface area (TPSA) is 52.6 Å². The molecule has 0 aliphatic carbocycles. The van der Waals surface area contributed by atoms with Crippen molar-refractivity contribution in [2.24, 2.45) is 0 Å². The molecule has 98 valence electrons. The van der Waals surface area contributed by atoms with Gasteiger partial charge in [0.15, 0.2) is 5.78 Å². The number of esters is 1. The number of Topliss-reactive ketones (excluding diaryl/α,β-unsaturated/α-hetero) is 1. The summed E-state index contributed by atoms with van der Waals surface area (Å²) < 4.78 is 11.4. The number of halogens is 1. The van der Waals surface area contributed by atoms with Crippen LogP contribution in [0.2, 0.25) is 0 Å². The van der Waals surface area contributed by atoms with Crippen molar-refractivity contribution in [1.29, 1.82) is 0 Å². The molecule has 0 saturated carbocycles. The highest BCUT2D eigenvalue weighted by Crippen LogP contribution is 2.22. The normalized spacial score (nSPS) is 13.6. The lowest BCUT2D eigenvalue weighted by Gasteiger charge is -2.25. The predicted molar refractivity (Wildman–Crippen MR) is 75.5 cm³/mol. The third-order valence-corrected chi connectivity index (χ3v) is 3.19. The van der Waals surface area contributed by atoms with Crippen LogP contribution in [-0.4, -0.2) is 24.0 Å². The molecule has 0 radical (unpaired) electrons. The second-order valence-corrected chi connectivity index (χ2v) is 5.11. The Kier molecular flexibility index (Phi) is 5.13. The lowest BCUT2D eigenvalue weighted by Crippen LogP contribution is -2.49. The number of carbonyl (C=O) groups excluding carboxylic acids is 2. The summed E-state index contributed by atoms with van der Waals surface area (Å²) >= 11 is 2.16. The van der Waals surface area contributed by atoms with Gasteiger partial charge < -0.3 is 9.47 Å². The molecule has 0 spiro atoms.